The third-order valence-corrected chi connectivity index (χ3v) is 5.86. The third-order valence-electron chi connectivity index (χ3n) is 5.86. The Labute approximate surface area is 103 Å². The van der Waals surface area contributed by atoms with Gasteiger partial charge in [0.05, 0.1) is 6.04 Å². The number of hydrogen-bond donors (Lipinski definition) is 2. The molecule has 3 nitrogen and oxygen atoms in total. The van der Waals surface area contributed by atoms with Gasteiger partial charge in [-0.3, -0.25) is 4.79 Å². The Balaban J connectivity index is 1.38. The molecule has 3 aliphatic carbocycles. The smallest absolute Gasteiger partial charge is 0.237 e. The lowest BCUT2D eigenvalue weighted by Crippen LogP contribution is -2.45. The van der Waals surface area contributed by atoms with Gasteiger partial charge in [-0.1, -0.05) is 6.92 Å². The van der Waals surface area contributed by atoms with Crippen LogP contribution in [0.25, 0.3) is 0 Å². The molecule has 6 unspecified atom stereocenters. The number of hydrogen-bond acceptors (Lipinski definition) is 2. The highest BCUT2D eigenvalue weighted by Gasteiger charge is 2.65. The monoisotopic (exact) mass is 234 g/mol. The zero-order valence-corrected chi connectivity index (χ0v) is 10.5. The fourth-order valence-corrected chi connectivity index (χ4v) is 4.96. The van der Waals surface area contributed by atoms with Crippen molar-refractivity contribution in [3.05, 3.63) is 0 Å². The van der Waals surface area contributed by atoms with Crippen LogP contribution in [0, 0.1) is 29.6 Å². The summed E-state index contributed by atoms with van der Waals surface area (Å²) in [5, 5.41) is 6.66. The lowest BCUT2D eigenvalue weighted by molar-refractivity contribution is -0.123. The van der Waals surface area contributed by atoms with Crippen molar-refractivity contribution in [1.82, 2.24) is 10.6 Å². The van der Waals surface area contributed by atoms with Crippen LogP contribution in [0.2, 0.25) is 0 Å². The van der Waals surface area contributed by atoms with E-state index < -0.39 is 0 Å². The van der Waals surface area contributed by atoms with Crippen molar-refractivity contribution in [2.75, 3.05) is 6.54 Å². The van der Waals surface area contributed by atoms with Crippen molar-refractivity contribution in [2.24, 2.45) is 29.6 Å². The minimum atomic E-state index is 0.0778. The van der Waals surface area contributed by atoms with Crippen molar-refractivity contribution in [3.8, 4) is 0 Å². The first kappa shape index (κ1) is 10.4. The molecule has 2 N–H and O–H groups in total. The maximum atomic E-state index is 12.2. The molecule has 1 aliphatic heterocycles. The molecule has 1 amide bonds. The van der Waals surface area contributed by atoms with Gasteiger partial charge in [0.1, 0.15) is 0 Å². The van der Waals surface area contributed by atoms with Crippen molar-refractivity contribution < 1.29 is 4.79 Å². The first-order valence-corrected chi connectivity index (χ1v) is 7.29. The topological polar surface area (TPSA) is 41.1 Å². The number of carbonyl (C=O) groups is 1. The van der Waals surface area contributed by atoms with E-state index in [9.17, 15) is 4.79 Å². The molecule has 0 aromatic carbocycles. The van der Waals surface area contributed by atoms with Gasteiger partial charge < -0.3 is 10.6 Å². The second kappa shape index (κ2) is 3.47. The highest BCUT2D eigenvalue weighted by molar-refractivity contribution is 5.83. The van der Waals surface area contributed by atoms with Crippen LogP contribution in [0.1, 0.15) is 32.6 Å². The molecular formula is C14H22N2O. The van der Waals surface area contributed by atoms with Crippen LogP contribution in [-0.4, -0.2) is 24.5 Å². The van der Waals surface area contributed by atoms with E-state index in [0.29, 0.717) is 12.0 Å². The molecule has 1 heterocycles. The molecule has 0 radical (unpaired) electrons. The molecule has 94 valence electrons. The molecule has 0 aromatic rings. The molecule has 1 saturated heterocycles. The van der Waals surface area contributed by atoms with E-state index in [-0.39, 0.29) is 11.9 Å². The SMILES string of the molecule is CC1CCNC1C(=O)NC1C2C3CCC(C3)C12. The van der Waals surface area contributed by atoms with E-state index in [1.54, 1.807) is 0 Å². The Kier molecular flexibility index (Phi) is 2.11. The minimum Gasteiger partial charge on any atom is -0.351 e. The van der Waals surface area contributed by atoms with Crippen molar-refractivity contribution in [3.63, 3.8) is 0 Å². The van der Waals surface area contributed by atoms with E-state index >= 15 is 0 Å². The van der Waals surface area contributed by atoms with E-state index in [2.05, 4.69) is 17.6 Å². The average Bonchev–Trinajstić information content (AvgIpc) is 2.76. The van der Waals surface area contributed by atoms with Crippen LogP contribution < -0.4 is 10.6 Å². The summed E-state index contributed by atoms with van der Waals surface area (Å²) in [6.45, 7) is 3.18. The highest BCUT2D eigenvalue weighted by Crippen LogP contribution is 2.65. The number of nitrogens with one attached hydrogen (secondary N) is 2. The zero-order chi connectivity index (χ0) is 11.6. The predicted molar refractivity (Wildman–Crippen MR) is 65.3 cm³/mol. The largest absolute Gasteiger partial charge is 0.351 e. The van der Waals surface area contributed by atoms with Gasteiger partial charge in [0.25, 0.3) is 0 Å². The second-order valence-corrected chi connectivity index (χ2v) is 6.72. The van der Waals surface area contributed by atoms with Gasteiger partial charge in [-0.05, 0) is 61.8 Å². The van der Waals surface area contributed by atoms with Crippen LogP contribution in [0.15, 0.2) is 0 Å². The molecule has 4 aliphatic rings. The molecule has 4 fully saturated rings. The molecule has 4 rings (SSSR count). The van der Waals surface area contributed by atoms with Crippen LogP contribution in [0.4, 0.5) is 0 Å². The van der Waals surface area contributed by atoms with Gasteiger partial charge in [0, 0.05) is 6.04 Å². The van der Waals surface area contributed by atoms with Gasteiger partial charge in [0.15, 0.2) is 0 Å². The lowest BCUT2D eigenvalue weighted by atomic mass is 10.0. The molecule has 0 spiro atoms. The van der Waals surface area contributed by atoms with E-state index in [1.807, 2.05) is 0 Å². The first-order chi connectivity index (χ1) is 8.25. The molecule has 3 saturated carbocycles. The number of amides is 1. The highest BCUT2D eigenvalue weighted by atomic mass is 16.2. The Hall–Kier alpha value is -0.570. The molecule has 17 heavy (non-hydrogen) atoms. The summed E-state index contributed by atoms with van der Waals surface area (Å²) in [7, 11) is 0. The predicted octanol–water partition coefficient (Wildman–Crippen LogP) is 1.15. The number of carbonyl (C=O) groups excluding carboxylic acids is 1. The number of rotatable bonds is 2. The summed E-state index contributed by atoms with van der Waals surface area (Å²) < 4.78 is 0. The van der Waals surface area contributed by atoms with E-state index in [1.165, 1.54) is 19.3 Å². The Bertz CT molecular complexity index is 340. The maximum absolute atomic E-state index is 12.2. The summed E-state index contributed by atoms with van der Waals surface area (Å²) in [6.07, 6.45) is 5.45. The summed E-state index contributed by atoms with van der Waals surface area (Å²) >= 11 is 0. The quantitative estimate of drug-likeness (QED) is 0.752. The lowest BCUT2D eigenvalue weighted by Gasteiger charge is -2.17. The van der Waals surface area contributed by atoms with E-state index in [4.69, 9.17) is 0 Å². The molecule has 6 atom stereocenters. The Morgan fingerprint density at radius 3 is 2.47 bits per heavy atom. The third kappa shape index (κ3) is 1.41. The summed E-state index contributed by atoms with van der Waals surface area (Å²) in [6, 6.07) is 0.623. The summed E-state index contributed by atoms with van der Waals surface area (Å²) in [5.41, 5.74) is 0. The van der Waals surface area contributed by atoms with Gasteiger partial charge in [0.2, 0.25) is 5.91 Å². The van der Waals surface area contributed by atoms with Crippen LogP contribution in [0.5, 0.6) is 0 Å². The summed E-state index contributed by atoms with van der Waals surface area (Å²) in [5.74, 6) is 4.39. The van der Waals surface area contributed by atoms with Crippen LogP contribution in [-0.2, 0) is 4.79 Å². The standard InChI is InChI=1S/C14H22N2O/c1-7-4-5-15-12(7)14(17)16-13-10-8-2-3-9(6-8)11(10)13/h7-13,15H,2-6H2,1H3,(H,16,17). The van der Waals surface area contributed by atoms with Gasteiger partial charge >= 0.3 is 0 Å². The van der Waals surface area contributed by atoms with Crippen molar-refractivity contribution in [1.29, 1.82) is 0 Å². The fraction of sp³-hybridized carbons (Fsp3) is 0.929. The van der Waals surface area contributed by atoms with E-state index in [0.717, 1.165) is 36.6 Å². The minimum absolute atomic E-state index is 0.0778. The fourth-order valence-electron chi connectivity index (χ4n) is 4.96. The van der Waals surface area contributed by atoms with Crippen molar-refractivity contribution in [2.45, 2.75) is 44.7 Å². The average molecular weight is 234 g/mol. The Morgan fingerprint density at radius 1 is 1.18 bits per heavy atom. The second-order valence-electron chi connectivity index (χ2n) is 6.72. The maximum Gasteiger partial charge on any atom is 0.237 e. The van der Waals surface area contributed by atoms with Gasteiger partial charge in [-0.2, -0.15) is 0 Å². The van der Waals surface area contributed by atoms with Crippen molar-refractivity contribution >= 4 is 5.91 Å². The van der Waals surface area contributed by atoms with Gasteiger partial charge in [-0.25, -0.2) is 0 Å². The molecular weight excluding hydrogens is 212 g/mol. The molecule has 0 aromatic heterocycles. The zero-order valence-electron chi connectivity index (χ0n) is 10.5. The normalized spacial score (nSPS) is 54.8. The molecule has 2 bridgehead atoms. The summed E-state index contributed by atoms with van der Waals surface area (Å²) in [4.78, 5) is 12.2. The molecule has 3 heteroatoms. The first-order valence-electron chi connectivity index (χ1n) is 7.29. The van der Waals surface area contributed by atoms with Gasteiger partial charge in [-0.15, -0.1) is 0 Å². The Morgan fingerprint density at radius 2 is 1.88 bits per heavy atom. The number of fused-ring (bicyclic) bond motifs is 5. The van der Waals surface area contributed by atoms with Crippen LogP contribution in [0.3, 0.4) is 0 Å². The van der Waals surface area contributed by atoms with Crippen LogP contribution >= 0.6 is 0 Å².